The summed E-state index contributed by atoms with van der Waals surface area (Å²) in [5.41, 5.74) is 0. The molecule has 0 saturated heterocycles. The second kappa shape index (κ2) is 11.9. The normalized spacial score (nSPS) is 16.8. The van der Waals surface area contributed by atoms with Gasteiger partial charge in [-0.3, -0.25) is 0 Å². The molecule has 0 spiro atoms. The summed E-state index contributed by atoms with van der Waals surface area (Å²) in [7, 11) is -3.03. The van der Waals surface area contributed by atoms with Crippen molar-refractivity contribution in [2.75, 3.05) is 39.3 Å². The summed E-state index contributed by atoms with van der Waals surface area (Å²) in [6.07, 6.45) is 0. The molecular weight excluding hydrogens is 320 g/mol. The number of hydrogen-bond acceptors (Lipinski definition) is 4. The summed E-state index contributed by atoms with van der Waals surface area (Å²) >= 11 is 0. The van der Waals surface area contributed by atoms with Crippen molar-refractivity contribution in [3.05, 3.63) is 0 Å². The van der Waals surface area contributed by atoms with Crippen LogP contribution in [0.1, 0.15) is 41.5 Å². The van der Waals surface area contributed by atoms with Gasteiger partial charge in [-0.2, -0.15) is 0 Å². The van der Waals surface area contributed by atoms with E-state index in [0.29, 0.717) is 0 Å². The van der Waals surface area contributed by atoms with Crippen LogP contribution in [0.15, 0.2) is 0 Å². The number of hydrogen-bond donors (Lipinski definition) is 0. The third-order valence-corrected chi connectivity index (χ3v) is 21.0. The van der Waals surface area contributed by atoms with Crippen LogP contribution in [0, 0.1) is 0 Å². The first-order valence-corrected chi connectivity index (χ1v) is 16.0. The van der Waals surface area contributed by atoms with Gasteiger partial charge >= 0.3 is 0 Å². The van der Waals surface area contributed by atoms with Gasteiger partial charge < -0.3 is 17.6 Å². The van der Waals surface area contributed by atoms with Gasteiger partial charge in [0.2, 0.25) is 0 Å². The molecule has 0 aliphatic heterocycles. The van der Waals surface area contributed by atoms with Crippen LogP contribution in [0.25, 0.3) is 0 Å². The highest BCUT2D eigenvalue weighted by molar-refractivity contribution is 6.83. The maximum atomic E-state index is 3.10. The minimum absolute atomic E-state index is 1.01. The summed E-state index contributed by atoms with van der Waals surface area (Å²) < 4.78 is 11.4. The molecule has 3 unspecified atom stereocenters. The zero-order valence-electron chi connectivity index (χ0n) is 16.8. The third kappa shape index (κ3) is 5.85. The molecule has 4 nitrogen and oxygen atoms in total. The van der Waals surface area contributed by atoms with Crippen LogP contribution in [-0.2, 0) is 0 Å². The van der Waals surface area contributed by atoms with Crippen molar-refractivity contribution in [2.45, 2.75) is 61.2 Å². The average Bonchev–Trinajstić information content (AvgIpc) is 2.51. The fraction of sp³-hybridized carbons (Fsp3) is 1.00. The molecule has 0 aromatic heterocycles. The summed E-state index contributed by atoms with van der Waals surface area (Å²) in [6, 6.07) is 0. The Kier molecular flexibility index (Phi) is 12.2. The fourth-order valence-electron chi connectivity index (χ4n) is 3.76. The molecule has 7 heteroatoms. The van der Waals surface area contributed by atoms with Gasteiger partial charge in [0.15, 0.2) is 27.4 Å². The standard InChI is InChI=1S/C15H42N4Si3/c1-10-16(11-2)20(7)19(21(8)17(12-3)13-4)22(9)18(14-5)15-6/h20-22H,10-15H2,1-9H3. The molecule has 0 N–H and O–H groups in total. The quantitative estimate of drug-likeness (QED) is 0.491. The molecular formula is C15H42N4Si3. The summed E-state index contributed by atoms with van der Waals surface area (Å²) in [4.78, 5) is 0. The second-order valence-corrected chi connectivity index (χ2v) is 15.6. The van der Waals surface area contributed by atoms with Gasteiger partial charge in [0, 0.05) is 0 Å². The molecule has 0 saturated carbocycles. The SMILES string of the molecule is CCN(CC)[SiH](C)N([SiH](C)N(CC)CC)[SiH](C)N(CC)CC. The van der Waals surface area contributed by atoms with Crippen molar-refractivity contribution in [3.63, 3.8) is 0 Å². The molecule has 0 heterocycles. The first kappa shape index (κ1) is 22.5. The van der Waals surface area contributed by atoms with E-state index in [9.17, 15) is 0 Å². The first-order chi connectivity index (χ1) is 10.4. The maximum absolute atomic E-state index is 3.10. The van der Waals surface area contributed by atoms with Crippen molar-refractivity contribution < 1.29 is 0 Å². The predicted octanol–water partition coefficient (Wildman–Crippen LogP) is 1.86. The van der Waals surface area contributed by atoms with Crippen LogP contribution in [0.5, 0.6) is 0 Å². The Morgan fingerprint density at radius 3 is 0.773 bits per heavy atom. The average molecular weight is 363 g/mol. The van der Waals surface area contributed by atoms with Gasteiger partial charge in [-0.25, -0.2) is 0 Å². The Morgan fingerprint density at radius 1 is 0.455 bits per heavy atom. The summed E-state index contributed by atoms with van der Waals surface area (Å²) in [5, 5.41) is 0. The molecule has 0 aromatic rings. The molecule has 0 bridgehead atoms. The van der Waals surface area contributed by atoms with Gasteiger partial charge in [0.05, 0.1) is 0 Å². The molecule has 0 aliphatic carbocycles. The van der Waals surface area contributed by atoms with Gasteiger partial charge in [-0.1, -0.05) is 41.5 Å². The first-order valence-electron chi connectivity index (χ1n) is 9.42. The lowest BCUT2D eigenvalue weighted by Crippen LogP contribution is -2.69. The largest absolute Gasteiger partial charge is 0.339 e. The van der Waals surface area contributed by atoms with Crippen molar-refractivity contribution in [2.24, 2.45) is 0 Å². The maximum Gasteiger partial charge on any atom is 0.175 e. The monoisotopic (exact) mass is 362 g/mol. The minimum atomic E-state index is -1.01. The molecule has 0 aromatic carbocycles. The lowest BCUT2D eigenvalue weighted by atomic mass is 10.7. The lowest BCUT2D eigenvalue weighted by molar-refractivity contribution is 0.412. The molecule has 3 atom stereocenters. The molecule has 0 amide bonds. The molecule has 0 radical (unpaired) electrons. The van der Waals surface area contributed by atoms with Crippen LogP contribution in [0.2, 0.25) is 19.6 Å². The lowest BCUT2D eigenvalue weighted by Gasteiger charge is -2.48. The number of nitrogens with zero attached hydrogens (tertiary/aromatic N) is 4. The van der Waals surface area contributed by atoms with Crippen molar-refractivity contribution in [1.82, 2.24) is 17.6 Å². The van der Waals surface area contributed by atoms with Crippen LogP contribution in [0.3, 0.4) is 0 Å². The number of rotatable bonds is 12. The molecule has 22 heavy (non-hydrogen) atoms. The molecule has 134 valence electrons. The van der Waals surface area contributed by atoms with Gasteiger partial charge in [0.1, 0.15) is 0 Å². The fourth-order valence-corrected chi connectivity index (χ4v) is 18.9. The molecule has 0 rings (SSSR count). The van der Waals surface area contributed by atoms with E-state index < -0.39 is 27.4 Å². The topological polar surface area (TPSA) is 13.0 Å². The Balaban J connectivity index is 5.45. The van der Waals surface area contributed by atoms with E-state index in [1.165, 1.54) is 39.3 Å². The highest BCUT2D eigenvalue weighted by Gasteiger charge is 2.35. The summed E-state index contributed by atoms with van der Waals surface area (Å²) in [6.45, 7) is 29.0. The Hall–Kier alpha value is 0.491. The highest BCUT2D eigenvalue weighted by atomic mass is 28.4. The Bertz CT molecular complexity index is 229. The van der Waals surface area contributed by atoms with Crippen LogP contribution in [0.4, 0.5) is 0 Å². The summed E-state index contributed by atoms with van der Waals surface area (Å²) in [5.74, 6) is 0. The highest BCUT2D eigenvalue weighted by Crippen LogP contribution is 2.13. The van der Waals surface area contributed by atoms with Gasteiger partial charge in [-0.05, 0) is 58.9 Å². The van der Waals surface area contributed by atoms with Crippen molar-refractivity contribution >= 4 is 27.4 Å². The van der Waals surface area contributed by atoms with E-state index in [-0.39, 0.29) is 0 Å². The third-order valence-electron chi connectivity index (χ3n) is 5.32. The van der Waals surface area contributed by atoms with Crippen molar-refractivity contribution in [3.8, 4) is 0 Å². The minimum Gasteiger partial charge on any atom is -0.339 e. The molecule has 0 fully saturated rings. The van der Waals surface area contributed by atoms with Crippen molar-refractivity contribution in [1.29, 1.82) is 0 Å². The van der Waals surface area contributed by atoms with Gasteiger partial charge in [0.25, 0.3) is 0 Å². The Morgan fingerprint density at radius 2 is 0.636 bits per heavy atom. The van der Waals surface area contributed by atoms with E-state index in [2.05, 4.69) is 78.8 Å². The van der Waals surface area contributed by atoms with E-state index in [0.717, 1.165) is 0 Å². The Labute approximate surface area is 145 Å². The van der Waals surface area contributed by atoms with E-state index in [1.54, 1.807) is 0 Å². The van der Waals surface area contributed by atoms with Crippen LogP contribution >= 0.6 is 0 Å². The second-order valence-electron chi connectivity index (χ2n) is 6.01. The van der Waals surface area contributed by atoms with E-state index >= 15 is 0 Å². The van der Waals surface area contributed by atoms with Gasteiger partial charge in [-0.15, -0.1) is 0 Å². The van der Waals surface area contributed by atoms with E-state index in [1.807, 2.05) is 0 Å². The molecule has 0 aliphatic rings. The predicted molar refractivity (Wildman–Crippen MR) is 110 cm³/mol. The van der Waals surface area contributed by atoms with Crippen LogP contribution in [-0.4, -0.2) is 84.2 Å². The zero-order valence-corrected chi connectivity index (χ0v) is 20.2. The van der Waals surface area contributed by atoms with Crippen LogP contribution < -0.4 is 0 Å². The van der Waals surface area contributed by atoms with E-state index in [4.69, 9.17) is 0 Å². The smallest absolute Gasteiger partial charge is 0.175 e. The zero-order chi connectivity index (χ0) is 17.3.